The van der Waals surface area contributed by atoms with E-state index in [1.807, 2.05) is 0 Å². The molecule has 0 aromatic carbocycles. The zero-order valence-corrected chi connectivity index (χ0v) is 6.07. The van der Waals surface area contributed by atoms with Crippen LogP contribution < -0.4 is 0 Å². The largest absolute Gasteiger partial charge is 0.279 e. The summed E-state index contributed by atoms with van der Waals surface area (Å²) in [7, 11) is 0. The standard InChI is InChI=1S/C3HBrN2OS/c4-3(7)2-1-5-8-6-2/h1H. The molecular weight excluding hydrogens is 192 g/mol. The second-order valence-corrected chi connectivity index (χ2v) is 2.34. The first-order chi connectivity index (χ1) is 3.80. The summed E-state index contributed by atoms with van der Waals surface area (Å²) in [5, 5.41) is 0. The fourth-order valence-electron chi connectivity index (χ4n) is 0.251. The summed E-state index contributed by atoms with van der Waals surface area (Å²) in [4.78, 5) is 10.3. The minimum Gasteiger partial charge on any atom is -0.279 e. The second kappa shape index (κ2) is 2.32. The Kier molecular flexibility index (Phi) is 1.69. The zero-order chi connectivity index (χ0) is 5.98. The van der Waals surface area contributed by atoms with Crippen LogP contribution in [0.25, 0.3) is 0 Å². The van der Waals surface area contributed by atoms with Crippen LogP contribution >= 0.6 is 27.7 Å². The SMILES string of the molecule is O=C(Br)c1cnsn1. The lowest BCUT2D eigenvalue weighted by Gasteiger charge is -1.73. The number of nitrogens with zero attached hydrogens (tertiary/aromatic N) is 2. The first-order valence-electron chi connectivity index (χ1n) is 1.78. The molecule has 0 radical (unpaired) electrons. The molecule has 1 rings (SSSR count). The van der Waals surface area contributed by atoms with E-state index in [1.165, 1.54) is 6.20 Å². The van der Waals surface area contributed by atoms with Crippen LogP contribution in [-0.4, -0.2) is 13.4 Å². The number of hydrogen-bond acceptors (Lipinski definition) is 4. The highest BCUT2D eigenvalue weighted by Gasteiger charge is 2.01. The highest BCUT2D eigenvalue weighted by atomic mass is 79.9. The van der Waals surface area contributed by atoms with Gasteiger partial charge in [0.25, 0.3) is 0 Å². The monoisotopic (exact) mass is 192 g/mol. The molecule has 0 atom stereocenters. The lowest BCUT2D eigenvalue weighted by Crippen LogP contribution is -1.84. The molecule has 1 aromatic heterocycles. The molecule has 0 aliphatic heterocycles. The maximum absolute atomic E-state index is 10.3. The molecule has 0 bridgehead atoms. The first-order valence-corrected chi connectivity index (χ1v) is 3.30. The van der Waals surface area contributed by atoms with Gasteiger partial charge in [-0.1, -0.05) is 0 Å². The quantitative estimate of drug-likeness (QED) is 0.626. The van der Waals surface area contributed by atoms with Crippen molar-refractivity contribution in [2.75, 3.05) is 0 Å². The van der Waals surface area contributed by atoms with Crippen molar-refractivity contribution in [1.82, 2.24) is 8.75 Å². The van der Waals surface area contributed by atoms with Crippen molar-refractivity contribution < 1.29 is 4.79 Å². The van der Waals surface area contributed by atoms with Gasteiger partial charge in [-0.3, -0.25) is 4.79 Å². The molecule has 1 aromatic rings. The van der Waals surface area contributed by atoms with Crippen molar-refractivity contribution in [1.29, 1.82) is 0 Å². The molecule has 42 valence electrons. The highest BCUT2D eigenvalue weighted by Crippen LogP contribution is 2.00. The van der Waals surface area contributed by atoms with Gasteiger partial charge < -0.3 is 0 Å². The number of carbonyl (C=O) groups excluding carboxylic acids is 1. The van der Waals surface area contributed by atoms with Crippen LogP contribution in [0.1, 0.15) is 10.5 Å². The van der Waals surface area contributed by atoms with Gasteiger partial charge >= 0.3 is 0 Å². The molecule has 0 amide bonds. The van der Waals surface area contributed by atoms with Crippen molar-refractivity contribution in [2.24, 2.45) is 0 Å². The van der Waals surface area contributed by atoms with Crippen molar-refractivity contribution in [3.63, 3.8) is 0 Å². The average molecular weight is 193 g/mol. The van der Waals surface area contributed by atoms with E-state index in [0.29, 0.717) is 5.69 Å². The predicted octanol–water partition coefficient (Wildman–Crippen LogP) is 1.07. The molecule has 0 fully saturated rings. The maximum atomic E-state index is 10.3. The lowest BCUT2D eigenvalue weighted by atomic mass is 10.6. The van der Waals surface area contributed by atoms with Gasteiger partial charge in [-0.2, -0.15) is 8.75 Å². The van der Waals surface area contributed by atoms with E-state index in [9.17, 15) is 4.79 Å². The van der Waals surface area contributed by atoms with Gasteiger partial charge in [0.2, 0.25) is 4.69 Å². The van der Waals surface area contributed by atoms with Crippen molar-refractivity contribution in [3.05, 3.63) is 11.9 Å². The molecule has 0 spiro atoms. The molecule has 1 heterocycles. The van der Waals surface area contributed by atoms with Crippen LogP contribution in [0.3, 0.4) is 0 Å². The smallest absolute Gasteiger partial charge is 0.249 e. The third kappa shape index (κ3) is 1.10. The third-order valence-corrected chi connectivity index (χ3v) is 1.45. The molecule has 0 aliphatic rings. The Morgan fingerprint density at radius 2 is 2.62 bits per heavy atom. The first kappa shape index (κ1) is 5.84. The molecule has 3 nitrogen and oxygen atoms in total. The Morgan fingerprint density at radius 3 is 2.88 bits per heavy atom. The van der Waals surface area contributed by atoms with Gasteiger partial charge in [-0.15, -0.1) is 0 Å². The number of aromatic nitrogens is 2. The summed E-state index contributed by atoms with van der Waals surface area (Å²) in [5.41, 5.74) is 0.370. The Hall–Kier alpha value is -0.290. The molecule has 0 aliphatic carbocycles. The van der Waals surface area contributed by atoms with Crippen molar-refractivity contribution in [2.45, 2.75) is 0 Å². The van der Waals surface area contributed by atoms with Crippen LogP contribution in [0.2, 0.25) is 0 Å². The van der Waals surface area contributed by atoms with Gasteiger partial charge in [0, 0.05) is 0 Å². The van der Waals surface area contributed by atoms with Gasteiger partial charge in [0.15, 0.2) is 5.69 Å². The van der Waals surface area contributed by atoms with Gasteiger partial charge in [0.05, 0.1) is 17.9 Å². The number of hydrogen-bond donors (Lipinski definition) is 0. The van der Waals surface area contributed by atoms with Gasteiger partial charge in [0.1, 0.15) is 0 Å². The molecule has 0 saturated heterocycles. The summed E-state index contributed by atoms with van der Waals surface area (Å²) >= 11 is 3.74. The number of rotatable bonds is 1. The predicted molar refractivity (Wildman–Crippen MR) is 33.2 cm³/mol. The number of carbonyl (C=O) groups is 1. The third-order valence-electron chi connectivity index (χ3n) is 0.563. The van der Waals surface area contributed by atoms with E-state index >= 15 is 0 Å². The Bertz CT molecular complexity index is 185. The zero-order valence-electron chi connectivity index (χ0n) is 3.67. The molecule has 8 heavy (non-hydrogen) atoms. The molecule has 5 heteroatoms. The van der Waals surface area contributed by atoms with E-state index in [1.54, 1.807) is 0 Å². The van der Waals surface area contributed by atoms with Gasteiger partial charge in [-0.25, -0.2) is 0 Å². The normalized spacial score (nSPS) is 9.12. The second-order valence-electron chi connectivity index (χ2n) is 1.07. The van der Waals surface area contributed by atoms with Crippen LogP contribution in [0.15, 0.2) is 6.20 Å². The molecule has 0 N–H and O–H groups in total. The van der Waals surface area contributed by atoms with E-state index < -0.39 is 0 Å². The molecule has 0 saturated carbocycles. The highest BCUT2D eigenvalue weighted by molar-refractivity contribution is 9.18. The van der Waals surface area contributed by atoms with E-state index in [2.05, 4.69) is 24.7 Å². The number of halogens is 1. The summed E-state index contributed by atoms with van der Waals surface area (Å²) in [5.74, 6) is 0. The minimum absolute atomic E-state index is 0.216. The maximum Gasteiger partial charge on any atom is 0.249 e. The molecule has 0 unspecified atom stereocenters. The van der Waals surface area contributed by atoms with Crippen LogP contribution in [0.5, 0.6) is 0 Å². The van der Waals surface area contributed by atoms with E-state index in [4.69, 9.17) is 0 Å². The Labute approximate surface area is 58.2 Å². The van der Waals surface area contributed by atoms with E-state index in [0.717, 1.165) is 11.7 Å². The fraction of sp³-hybridized carbons (Fsp3) is 0. The van der Waals surface area contributed by atoms with Crippen LogP contribution in [0.4, 0.5) is 0 Å². The fourth-order valence-corrected chi connectivity index (χ4v) is 0.972. The molecular formula is C3HBrN2OS. The van der Waals surface area contributed by atoms with Gasteiger partial charge in [-0.05, 0) is 15.9 Å². The summed E-state index contributed by atoms with van der Waals surface area (Å²) in [6, 6.07) is 0. The average Bonchev–Trinajstić information content (AvgIpc) is 2.12. The van der Waals surface area contributed by atoms with Crippen LogP contribution in [0, 0.1) is 0 Å². The summed E-state index contributed by atoms with van der Waals surface area (Å²) in [6.07, 6.45) is 1.42. The minimum atomic E-state index is -0.216. The lowest BCUT2D eigenvalue weighted by molar-refractivity contribution is 0.109. The topological polar surface area (TPSA) is 42.9 Å². The van der Waals surface area contributed by atoms with Crippen molar-refractivity contribution in [3.8, 4) is 0 Å². The summed E-state index contributed by atoms with van der Waals surface area (Å²) in [6.45, 7) is 0. The van der Waals surface area contributed by atoms with Crippen LogP contribution in [-0.2, 0) is 0 Å². The van der Waals surface area contributed by atoms with E-state index in [-0.39, 0.29) is 4.69 Å². The van der Waals surface area contributed by atoms with Crippen molar-refractivity contribution >= 4 is 32.4 Å². The summed E-state index contributed by atoms with van der Waals surface area (Å²) < 4.78 is 7.06. The Morgan fingerprint density at radius 1 is 1.88 bits per heavy atom. The Balaban J connectivity index is 2.93.